The molecule has 3 rings (SSSR count). The fraction of sp³-hybridized carbons (Fsp3) is 0.643. The predicted molar refractivity (Wildman–Crippen MR) is 74.3 cm³/mol. The molecule has 1 saturated heterocycles. The molecule has 0 unspecified atom stereocenters. The van der Waals surface area contributed by atoms with Crippen LogP contribution in [-0.4, -0.2) is 18.1 Å². The maximum Gasteiger partial charge on any atom is 0.0592 e. The lowest BCUT2D eigenvalue weighted by molar-refractivity contribution is 0.226. The largest absolute Gasteiger partial charge is 0.370 e. The fourth-order valence-corrected chi connectivity index (χ4v) is 3.97. The van der Waals surface area contributed by atoms with E-state index in [1.807, 2.05) is 12.4 Å². The summed E-state index contributed by atoms with van der Waals surface area (Å²) in [6.45, 7) is 2.42. The molecular formula is C14H19BrN2. The summed E-state index contributed by atoms with van der Waals surface area (Å²) < 4.78 is 1.13. The molecule has 0 bridgehead atoms. The molecule has 0 aromatic carbocycles. The molecule has 0 atom stereocenters. The van der Waals surface area contributed by atoms with Crippen LogP contribution in [0.3, 0.4) is 0 Å². The van der Waals surface area contributed by atoms with E-state index in [4.69, 9.17) is 0 Å². The number of rotatable bonds is 1. The number of pyridine rings is 1. The standard InChI is InChI=1S/C14H19BrN2/c15-12-11-16-8-3-13(12)17-9-6-14(7-10-17)4-1-2-5-14/h3,8,11H,1-2,4-7,9-10H2. The van der Waals surface area contributed by atoms with Crippen LogP contribution < -0.4 is 4.90 Å². The van der Waals surface area contributed by atoms with Crippen molar-refractivity contribution in [2.24, 2.45) is 5.41 Å². The second-order valence-electron chi connectivity index (χ2n) is 5.52. The van der Waals surface area contributed by atoms with Gasteiger partial charge in [0, 0.05) is 25.5 Å². The quantitative estimate of drug-likeness (QED) is 0.778. The van der Waals surface area contributed by atoms with Crippen molar-refractivity contribution >= 4 is 21.6 Å². The first-order chi connectivity index (χ1) is 8.29. The van der Waals surface area contributed by atoms with Crippen LogP contribution >= 0.6 is 15.9 Å². The third kappa shape index (κ3) is 2.22. The Bertz CT molecular complexity index is 389. The Labute approximate surface area is 112 Å². The van der Waals surface area contributed by atoms with E-state index in [1.54, 1.807) is 0 Å². The van der Waals surface area contributed by atoms with Gasteiger partial charge in [-0.15, -0.1) is 0 Å². The van der Waals surface area contributed by atoms with Gasteiger partial charge in [-0.1, -0.05) is 12.8 Å². The molecule has 3 heteroatoms. The zero-order chi connectivity index (χ0) is 11.7. The van der Waals surface area contributed by atoms with Crippen LogP contribution in [0.1, 0.15) is 38.5 Å². The van der Waals surface area contributed by atoms with E-state index in [1.165, 1.54) is 57.3 Å². The normalized spacial score (nSPS) is 23.2. The van der Waals surface area contributed by atoms with Gasteiger partial charge in [-0.2, -0.15) is 0 Å². The predicted octanol–water partition coefficient (Wildman–Crippen LogP) is 4.00. The fourth-order valence-electron chi connectivity index (χ4n) is 3.47. The van der Waals surface area contributed by atoms with Gasteiger partial charge in [0.1, 0.15) is 0 Å². The zero-order valence-electron chi connectivity index (χ0n) is 10.2. The van der Waals surface area contributed by atoms with Gasteiger partial charge in [0.15, 0.2) is 0 Å². The van der Waals surface area contributed by atoms with Crippen LogP contribution in [0.15, 0.2) is 22.9 Å². The first kappa shape index (κ1) is 11.5. The van der Waals surface area contributed by atoms with Crippen LogP contribution in [0.5, 0.6) is 0 Å². The highest BCUT2D eigenvalue weighted by molar-refractivity contribution is 9.10. The molecule has 0 N–H and O–H groups in total. The Morgan fingerprint density at radius 3 is 2.47 bits per heavy atom. The Hall–Kier alpha value is -0.570. The molecule has 0 radical (unpaired) electrons. The topological polar surface area (TPSA) is 16.1 Å². The highest BCUT2D eigenvalue weighted by Crippen LogP contribution is 2.47. The Morgan fingerprint density at radius 2 is 1.82 bits per heavy atom. The minimum Gasteiger partial charge on any atom is -0.370 e. The van der Waals surface area contributed by atoms with Gasteiger partial charge in [-0.25, -0.2) is 0 Å². The number of hydrogen-bond donors (Lipinski definition) is 0. The van der Waals surface area contributed by atoms with E-state index < -0.39 is 0 Å². The van der Waals surface area contributed by atoms with E-state index >= 15 is 0 Å². The lowest BCUT2D eigenvalue weighted by Crippen LogP contribution is -2.39. The Kier molecular flexibility index (Phi) is 3.12. The molecule has 0 amide bonds. The van der Waals surface area contributed by atoms with Crippen LogP contribution in [0.25, 0.3) is 0 Å². The summed E-state index contributed by atoms with van der Waals surface area (Å²) in [6.07, 6.45) is 12.4. The molecule has 92 valence electrons. The molecule has 1 spiro atoms. The molecule has 1 aromatic rings. The van der Waals surface area contributed by atoms with Crippen molar-refractivity contribution < 1.29 is 0 Å². The molecular weight excluding hydrogens is 276 g/mol. The molecule has 2 heterocycles. The number of piperidine rings is 1. The van der Waals surface area contributed by atoms with Gasteiger partial charge in [-0.3, -0.25) is 4.98 Å². The summed E-state index contributed by atoms with van der Waals surface area (Å²) in [4.78, 5) is 6.65. The molecule has 17 heavy (non-hydrogen) atoms. The molecule has 1 aliphatic heterocycles. The minimum absolute atomic E-state index is 0.704. The van der Waals surface area contributed by atoms with E-state index in [0.717, 1.165) is 4.47 Å². The molecule has 1 saturated carbocycles. The van der Waals surface area contributed by atoms with E-state index in [2.05, 4.69) is 31.9 Å². The summed E-state index contributed by atoms with van der Waals surface area (Å²) in [7, 11) is 0. The number of anilines is 1. The Morgan fingerprint density at radius 1 is 1.12 bits per heavy atom. The zero-order valence-corrected chi connectivity index (χ0v) is 11.7. The van der Waals surface area contributed by atoms with Crippen molar-refractivity contribution in [1.29, 1.82) is 0 Å². The summed E-state index contributed by atoms with van der Waals surface area (Å²) >= 11 is 3.60. The average Bonchev–Trinajstić information content (AvgIpc) is 2.80. The summed E-state index contributed by atoms with van der Waals surface area (Å²) in [5, 5.41) is 0. The number of nitrogens with zero attached hydrogens (tertiary/aromatic N) is 2. The van der Waals surface area contributed by atoms with Crippen LogP contribution in [0, 0.1) is 5.41 Å². The van der Waals surface area contributed by atoms with Crippen LogP contribution in [0.4, 0.5) is 5.69 Å². The van der Waals surface area contributed by atoms with Gasteiger partial charge in [0.05, 0.1) is 10.2 Å². The molecule has 2 aliphatic rings. The lowest BCUT2D eigenvalue weighted by atomic mass is 9.77. The van der Waals surface area contributed by atoms with Crippen molar-refractivity contribution in [3.05, 3.63) is 22.9 Å². The summed E-state index contributed by atoms with van der Waals surface area (Å²) in [6, 6.07) is 2.12. The smallest absolute Gasteiger partial charge is 0.0592 e. The highest BCUT2D eigenvalue weighted by atomic mass is 79.9. The van der Waals surface area contributed by atoms with Gasteiger partial charge in [0.25, 0.3) is 0 Å². The maximum absolute atomic E-state index is 4.14. The average molecular weight is 295 g/mol. The number of hydrogen-bond acceptors (Lipinski definition) is 2. The highest BCUT2D eigenvalue weighted by Gasteiger charge is 2.37. The second kappa shape index (κ2) is 4.60. The van der Waals surface area contributed by atoms with Gasteiger partial charge >= 0.3 is 0 Å². The van der Waals surface area contributed by atoms with Gasteiger partial charge < -0.3 is 4.90 Å². The first-order valence-electron chi connectivity index (χ1n) is 6.64. The van der Waals surface area contributed by atoms with Gasteiger partial charge in [-0.05, 0) is 53.1 Å². The van der Waals surface area contributed by atoms with Crippen molar-refractivity contribution in [3.8, 4) is 0 Å². The molecule has 2 fully saturated rings. The van der Waals surface area contributed by atoms with Crippen molar-refractivity contribution in [2.45, 2.75) is 38.5 Å². The van der Waals surface area contributed by atoms with E-state index in [9.17, 15) is 0 Å². The SMILES string of the molecule is Brc1cnccc1N1CCC2(CCCC2)CC1. The van der Waals surface area contributed by atoms with Crippen LogP contribution in [-0.2, 0) is 0 Å². The van der Waals surface area contributed by atoms with Crippen molar-refractivity contribution in [2.75, 3.05) is 18.0 Å². The van der Waals surface area contributed by atoms with Crippen molar-refractivity contribution in [3.63, 3.8) is 0 Å². The third-order valence-electron chi connectivity index (χ3n) is 4.58. The van der Waals surface area contributed by atoms with E-state index in [0.29, 0.717) is 5.41 Å². The molecule has 1 aliphatic carbocycles. The second-order valence-corrected chi connectivity index (χ2v) is 6.38. The van der Waals surface area contributed by atoms with Crippen LogP contribution in [0.2, 0.25) is 0 Å². The summed E-state index contributed by atoms with van der Waals surface area (Å²) in [5.74, 6) is 0. The Balaban J connectivity index is 1.71. The maximum atomic E-state index is 4.14. The third-order valence-corrected chi connectivity index (χ3v) is 5.19. The van der Waals surface area contributed by atoms with Gasteiger partial charge in [0.2, 0.25) is 0 Å². The number of aromatic nitrogens is 1. The molecule has 1 aromatic heterocycles. The first-order valence-corrected chi connectivity index (χ1v) is 7.43. The summed E-state index contributed by atoms with van der Waals surface area (Å²) in [5.41, 5.74) is 2.02. The molecule has 2 nitrogen and oxygen atoms in total. The lowest BCUT2D eigenvalue weighted by Gasteiger charge is -2.40. The monoisotopic (exact) mass is 294 g/mol. The van der Waals surface area contributed by atoms with Crippen molar-refractivity contribution in [1.82, 2.24) is 4.98 Å². The number of halogens is 1. The van der Waals surface area contributed by atoms with E-state index in [-0.39, 0.29) is 0 Å². The minimum atomic E-state index is 0.704.